The van der Waals surface area contributed by atoms with E-state index in [1.165, 1.54) is 26.0 Å². The van der Waals surface area contributed by atoms with E-state index in [2.05, 4.69) is 0 Å². The Morgan fingerprint density at radius 1 is 0.579 bits per heavy atom. The second kappa shape index (κ2) is 8.82. The quantitative estimate of drug-likeness (QED) is 0.292. The van der Waals surface area contributed by atoms with E-state index in [0.29, 0.717) is 0 Å². The van der Waals surface area contributed by atoms with Gasteiger partial charge in [0.2, 0.25) is 0 Å². The molecule has 0 N–H and O–H groups in total. The van der Waals surface area contributed by atoms with Crippen LogP contribution in [-0.4, -0.2) is 32.5 Å². The van der Waals surface area contributed by atoms with Crippen molar-refractivity contribution in [3.8, 4) is 0 Å². The minimum atomic E-state index is -1.81. The van der Waals surface area contributed by atoms with Crippen LogP contribution < -0.4 is 0 Å². The molecule has 38 heavy (non-hydrogen) atoms. The molecule has 0 amide bonds. The largest absolute Gasteiger partial charge is 0.289 e. The summed E-state index contributed by atoms with van der Waals surface area (Å²) in [5, 5.41) is 25.8. The Hall–Kier alpha value is -2.90. The predicted molar refractivity (Wildman–Crippen MR) is 149 cm³/mol. The molecule has 0 aliphatic heterocycles. The number of carbonyl (C=O) groups excluding carboxylic acids is 2. The lowest BCUT2D eigenvalue weighted by atomic mass is 9.57. The smallest absolute Gasteiger partial charge is 0.267 e. The molecule has 2 rings (SSSR count). The van der Waals surface area contributed by atoms with E-state index in [1.807, 2.05) is 0 Å². The fourth-order valence-corrected chi connectivity index (χ4v) is 5.96. The second-order valence-corrected chi connectivity index (χ2v) is 14.8. The van der Waals surface area contributed by atoms with Gasteiger partial charge in [-0.2, -0.15) is 0 Å². The molecule has 210 valence electrons. The van der Waals surface area contributed by atoms with Crippen LogP contribution in [-0.2, 0) is 9.59 Å². The van der Waals surface area contributed by atoms with Gasteiger partial charge in [-0.25, -0.2) is 0 Å². The zero-order chi connectivity index (χ0) is 30.2. The average Bonchev–Trinajstić information content (AvgIpc) is 2.66. The molecule has 0 heterocycles. The van der Waals surface area contributed by atoms with E-state index in [9.17, 15) is 29.8 Å². The summed E-state index contributed by atoms with van der Waals surface area (Å²) < 4.78 is 0. The zero-order valence-corrected chi connectivity index (χ0v) is 25.5. The van der Waals surface area contributed by atoms with Crippen molar-refractivity contribution >= 4 is 11.6 Å². The molecule has 0 aromatic heterocycles. The van der Waals surface area contributed by atoms with Crippen molar-refractivity contribution in [1.29, 1.82) is 0 Å². The van der Waals surface area contributed by atoms with Gasteiger partial charge in [0, 0.05) is 66.3 Å². The summed E-state index contributed by atoms with van der Waals surface area (Å²) in [6.45, 7) is 24.2. The van der Waals surface area contributed by atoms with Gasteiger partial charge < -0.3 is 0 Å². The van der Waals surface area contributed by atoms with Crippen molar-refractivity contribution in [2.75, 3.05) is 0 Å². The first-order chi connectivity index (χ1) is 16.7. The Morgan fingerprint density at radius 3 is 0.974 bits per heavy atom. The SMILES string of the molecule is CC1=C(C2=C(C)[C@@]([N+](=O)[O-])(C(C)(C)C)C=C(C(C)(C)C)C2=O)C(=O)C(C(C)(C)C)=C[C@]1([N+](=O)[O-])C(C)(C)C. The van der Waals surface area contributed by atoms with Crippen molar-refractivity contribution in [2.24, 2.45) is 21.7 Å². The Labute approximate surface area is 226 Å². The first-order valence-corrected chi connectivity index (χ1v) is 13.0. The fourth-order valence-electron chi connectivity index (χ4n) is 5.96. The molecule has 0 fully saturated rings. The molecular weight excluding hydrogens is 484 g/mol. The Morgan fingerprint density at radius 2 is 0.816 bits per heavy atom. The molecule has 0 aromatic carbocycles. The van der Waals surface area contributed by atoms with E-state index in [0.717, 1.165) is 0 Å². The molecule has 0 radical (unpaired) electrons. The minimum absolute atomic E-state index is 0.0862. The third-order valence-corrected chi connectivity index (χ3v) is 8.27. The maximum atomic E-state index is 14.3. The van der Waals surface area contributed by atoms with Crippen LogP contribution in [0.2, 0.25) is 0 Å². The first-order valence-electron chi connectivity index (χ1n) is 13.0. The standard InChI is InChI=1S/C30H44N2O6/c1-17-21(23(33)19(25(3,4)5)15-29(17,31(35)36)27(9,10)11)22-18(2)30(32(37)38,28(12,13)14)16-20(24(22)34)26(6,7)8/h15-16H,1-14H3/t29-,30-/m1/s1. The molecule has 2 aliphatic rings. The summed E-state index contributed by atoms with van der Waals surface area (Å²) in [4.78, 5) is 53.6. The van der Waals surface area contributed by atoms with Crippen molar-refractivity contribution in [3.63, 3.8) is 0 Å². The maximum absolute atomic E-state index is 14.3. The van der Waals surface area contributed by atoms with E-state index < -0.39 is 54.2 Å². The summed E-state index contributed by atoms with van der Waals surface area (Å²) in [7, 11) is 0. The second-order valence-electron chi connectivity index (χ2n) is 14.8. The van der Waals surface area contributed by atoms with E-state index in [1.54, 1.807) is 83.1 Å². The maximum Gasteiger partial charge on any atom is 0.267 e. The molecule has 0 spiro atoms. The van der Waals surface area contributed by atoms with Gasteiger partial charge in [-0.05, 0) is 24.7 Å². The summed E-state index contributed by atoms with van der Waals surface area (Å²) in [6.07, 6.45) is 2.89. The molecular formula is C30H44N2O6. The van der Waals surface area contributed by atoms with E-state index in [4.69, 9.17) is 0 Å². The van der Waals surface area contributed by atoms with Crippen molar-refractivity contribution in [3.05, 3.63) is 65.8 Å². The van der Waals surface area contributed by atoms with Crippen molar-refractivity contribution in [1.82, 2.24) is 0 Å². The third kappa shape index (κ3) is 4.30. The Balaban J connectivity index is 3.31. The minimum Gasteiger partial charge on any atom is -0.289 e. The molecule has 0 aromatic rings. The Kier molecular flexibility index (Phi) is 7.27. The number of hydrogen-bond acceptors (Lipinski definition) is 6. The number of rotatable bonds is 3. The highest BCUT2D eigenvalue weighted by atomic mass is 16.6. The summed E-state index contributed by atoms with van der Waals surface area (Å²) >= 11 is 0. The third-order valence-electron chi connectivity index (χ3n) is 8.27. The number of hydrogen-bond donors (Lipinski definition) is 0. The first kappa shape index (κ1) is 31.3. The van der Waals surface area contributed by atoms with Crippen LogP contribution in [0.3, 0.4) is 0 Å². The number of carbonyl (C=O) groups is 2. The molecule has 0 saturated heterocycles. The van der Waals surface area contributed by atoms with Crippen LogP contribution in [0.15, 0.2) is 45.6 Å². The lowest BCUT2D eigenvalue weighted by Crippen LogP contribution is -2.55. The normalized spacial score (nSPS) is 25.9. The van der Waals surface area contributed by atoms with Gasteiger partial charge in [-0.1, -0.05) is 83.1 Å². The molecule has 0 bridgehead atoms. The van der Waals surface area contributed by atoms with Crippen LogP contribution in [0, 0.1) is 41.9 Å². The fraction of sp³-hybridized carbons (Fsp3) is 0.667. The zero-order valence-electron chi connectivity index (χ0n) is 25.5. The Bertz CT molecular complexity index is 1150. The van der Waals surface area contributed by atoms with Crippen LogP contribution in [0.25, 0.3) is 0 Å². The molecule has 2 atom stereocenters. The van der Waals surface area contributed by atoms with E-state index in [-0.39, 0.29) is 33.4 Å². The van der Waals surface area contributed by atoms with Crippen molar-refractivity contribution < 1.29 is 19.4 Å². The van der Waals surface area contributed by atoms with Gasteiger partial charge in [-0.15, -0.1) is 0 Å². The summed E-state index contributed by atoms with van der Waals surface area (Å²) in [5.41, 5.74) is -6.65. The van der Waals surface area contributed by atoms with Crippen LogP contribution >= 0.6 is 0 Å². The highest BCUT2D eigenvalue weighted by Gasteiger charge is 2.62. The number of allylic oxidation sites excluding steroid dienone is 4. The van der Waals surface area contributed by atoms with Crippen molar-refractivity contribution in [2.45, 2.75) is 108 Å². The van der Waals surface area contributed by atoms with Crippen LogP contribution in [0.5, 0.6) is 0 Å². The molecule has 8 nitrogen and oxygen atoms in total. The van der Waals surface area contributed by atoms with Gasteiger partial charge in [0.1, 0.15) is 0 Å². The monoisotopic (exact) mass is 528 g/mol. The molecule has 8 heteroatoms. The number of nitro groups is 2. The number of nitrogens with zero attached hydrogens (tertiary/aromatic N) is 2. The van der Waals surface area contributed by atoms with Crippen LogP contribution in [0.1, 0.15) is 96.9 Å². The van der Waals surface area contributed by atoms with Gasteiger partial charge in [0.25, 0.3) is 11.1 Å². The predicted octanol–water partition coefficient (Wildman–Crippen LogP) is 6.85. The average molecular weight is 529 g/mol. The molecule has 0 unspecified atom stereocenters. The highest BCUT2D eigenvalue weighted by Crippen LogP contribution is 2.54. The lowest BCUT2D eigenvalue weighted by Gasteiger charge is -2.44. The van der Waals surface area contributed by atoms with Gasteiger partial charge in [0.05, 0.1) is 0 Å². The van der Waals surface area contributed by atoms with Crippen LogP contribution in [0.4, 0.5) is 0 Å². The molecule has 2 aliphatic carbocycles. The summed E-state index contributed by atoms with van der Waals surface area (Å²) in [5.74, 6) is -0.999. The molecule has 0 saturated carbocycles. The van der Waals surface area contributed by atoms with Gasteiger partial charge in [-0.3, -0.25) is 29.8 Å². The van der Waals surface area contributed by atoms with Gasteiger partial charge >= 0.3 is 0 Å². The van der Waals surface area contributed by atoms with Gasteiger partial charge in [0.15, 0.2) is 11.6 Å². The number of Topliss-reactive ketones (excluding diaryl/α,β-unsaturated/α-hetero) is 2. The summed E-state index contributed by atoms with van der Waals surface area (Å²) in [6, 6.07) is 0. The highest BCUT2D eigenvalue weighted by molar-refractivity contribution is 6.25. The number of ketones is 2. The lowest BCUT2D eigenvalue weighted by molar-refractivity contribution is -0.563. The van der Waals surface area contributed by atoms with E-state index >= 15 is 0 Å². The topological polar surface area (TPSA) is 120 Å².